The van der Waals surface area contributed by atoms with Crippen molar-refractivity contribution in [2.75, 3.05) is 11.9 Å². The largest absolute Gasteiger partial charge is 0.367 e. The number of pyridine rings is 1. The monoisotopic (exact) mass is 202 g/mol. The molecule has 0 atom stereocenters. The van der Waals surface area contributed by atoms with E-state index in [-0.39, 0.29) is 5.82 Å². The Morgan fingerprint density at radius 3 is 2.85 bits per heavy atom. The topological polar surface area (TPSA) is 24.9 Å². The Hall–Kier alpha value is -0.830. The highest BCUT2D eigenvalue weighted by Crippen LogP contribution is 2.15. The molecular weight excluding hydrogens is 191 g/mol. The number of aromatic nitrogens is 1. The van der Waals surface area contributed by atoms with Gasteiger partial charge in [0.1, 0.15) is 0 Å². The number of hydrogen-bond donors (Lipinski definition) is 1. The zero-order valence-electron chi connectivity index (χ0n) is 7.64. The van der Waals surface area contributed by atoms with Gasteiger partial charge in [-0.1, -0.05) is 25.4 Å². The van der Waals surface area contributed by atoms with Crippen LogP contribution in [0.15, 0.2) is 12.3 Å². The van der Waals surface area contributed by atoms with Crippen molar-refractivity contribution >= 4 is 17.4 Å². The lowest BCUT2D eigenvalue weighted by Gasteiger charge is -2.08. The second-order valence-corrected chi connectivity index (χ2v) is 3.70. The van der Waals surface area contributed by atoms with Crippen molar-refractivity contribution in [2.24, 2.45) is 5.92 Å². The van der Waals surface area contributed by atoms with Gasteiger partial charge < -0.3 is 5.32 Å². The van der Waals surface area contributed by atoms with Crippen molar-refractivity contribution in [3.05, 3.63) is 23.1 Å². The third-order valence-electron chi connectivity index (χ3n) is 1.49. The molecule has 0 aliphatic rings. The van der Waals surface area contributed by atoms with Crippen LogP contribution in [0.1, 0.15) is 13.8 Å². The molecule has 0 aromatic carbocycles. The second-order valence-electron chi connectivity index (χ2n) is 3.26. The highest BCUT2D eigenvalue weighted by Gasteiger charge is 2.03. The predicted octanol–water partition coefficient (Wildman–Crippen LogP) is 2.94. The minimum Gasteiger partial charge on any atom is -0.367 e. The Morgan fingerprint density at radius 2 is 2.31 bits per heavy atom. The average molecular weight is 203 g/mol. The molecule has 72 valence electrons. The number of rotatable bonds is 3. The SMILES string of the molecule is CC(C)CNc1ncc(Cl)cc1F. The van der Waals surface area contributed by atoms with Crippen LogP contribution in [0.2, 0.25) is 5.02 Å². The summed E-state index contributed by atoms with van der Waals surface area (Å²) >= 11 is 5.55. The van der Waals surface area contributed by atoms with E-state index in [0.29, 0.717) is 17.5 Å². The molecule has 1 aromatic rings. The summed E-state index contributed by atoms with van der Waals surface area (Å²) in [6.07, 6.45) is 1.42. The summed E-state index contributed by atoms with van der Waals surface area (Å²) in [7, 11) is 0. The number of hydrogen-bond acceptors (Lipinski definition) is 2. The van der Waals surface area contributed by atoms with Gasteiger partial charge in [-0.25, -0.2) is 9.37 Å². The van der Waals surface area contributed by atoms with Gasteiger partial charge in [0.15, 0.2) is 11.6 Å². The maximum atomic E-state index is 13.1. The first-order valence-corrected chi connectivity index (χ1v) is 4.52. The van der Waals surface area contributed by atoms with Gasteiger partial charge in [0.25, 0.3) is 0 Å². The Labute approximate surface area is 82.1 Å². The Kier molecular flexibility index (Phi) is 3.48. The van der Waals surface area contributed by atoms with Gasteiger partial charge in [-0.2, -0.15) is 0 Å². The van der Waals surface area contributed by atoms with Crippen molar-refractivity contribution in [1.29, 1.82) is 0 Å². The molecule has 0 saturated heterocycles. The lowest BCUT2D eigenvalue weighted by Crippen LogP contribution is -2.10. The number of nitrogens with one attached hydrogen (secondary N) is 1. The van der Waals surface area contributed by atoms with Gasteiger partial charge in [0.2, 0.25) is 0 Å². The lowest BCUT2D eigenvalue weighted by atomic mass is 10.2. The van der Waals surface area contributed by atoms with Crippen LogP contribution in [-0.4, -0.2) is 11.5 Å². The van der Waals surface area contributed by atoms with Gasteiger partial charge >= 0.3 is 0 Å². The molecule has 0 bridgehead atoms. The molecule has 0 aliphatic heterocycles. The van der Waals surface area contributed by atoms with E-state index in [1.165, 1.54) is 12.3 Å². The second kappa shape index (κ2) is 4.42. The molecule has 0 fully saturated rings. The fourth-order valence-corrected chi connectivity index (χ4v) is 0.990. The fraction of sp³-hybridized carbons (Fsp3) is 0.444. The van der Waals surface area contributed by atoms with E-state index in [2.05, 4.69) is 10.3 Å². The van der Waals surface area contributed by atoms with Gasteiger partial charge in [-0.3, -0.25) is 0 Å². The highest BCUT2D eigenvalue weighted by molar-refractivity contribution is 6.30. The molecule has 2 nitrogen and oxygen atoms in total. The van der Waals surface area contributed by atoms with Crippen LogP contribution in [0.25, 0.3) is 0 Å². The molecule has 1 heterocycles. The third-order valence-corrected chi connectivity index (χ3v) is 1.69. The Morgan fingerprint density at radius 1 is 1.62 bits per heavy atom. The minimum absolute atomic E-state index is 0.262. The quantitative estimate of drug-likeness (QED) is 0.815. The standard InChI is InChI=1S/C9H12ClFN2/c1-6(2)4-12-9-8(11)3-7(10)5-13-9/h3,5-6H,4H2,1-2H3,(H,12,13). The van der Waals surface area contributed by atoms with E-state index >= 15 is 0 Å². The molecule has 0 saturated carbocycles. The van der Waals surface area contributed by atoms with Crippen LogP contribution in [0.4, 0.5) is 10.2 Å². The van der Waals surface area contributed by atoms with E-state index < -0.39 is 5.82 Å². The summed E-state index contributed by atoms with van der Waals surface area (Å²) in [6.45, 7) is 4.78. The average Bonchev–Trinajstić information content (AvgIpc) is 2.02. The summed E-state index contributed by atoms with van der Waals surface area (Å²) in [5.74, 6) is 0.308. The number of halogens is 2. The molecule has 0 radical (unpaired) electrons. The van der Waals surface area contributed by atoms with Gasteiger partial charge in [0, 0.05) is 12.7 Å². The van der Waals surface area contributed by atoms with Crippen LogP contribution >= 0.6 is 11.6 Å². The highest BCUT2D eigenvalue weighted by atomic mass is 35.5. The van der Waals surface area contributed by atoms with E-state index in [1.54, 1.807) is 0 Å². The summed E-state index contributed by atoms with van der Waals surface area (Å²) < 4.78 is 13.1. The van der Waals surface area contributed by atoms with E-state index in [1.807, 2.05) is 13.8 Å². The lowest BCUT2D eigenvalue weighted by molar-refractivity contribution is 0.617. The third kappa shape index (κ3) is 3.19. The van der Waals surface area contributed by atoms with Crippen LogP contribution in [0, 0.1) is 11.7 Å². The Balaban J connectivity index is 2.67. The van der Waals surface area contributed by atoms with Crippen LogP contribution in [0.3, 0.4) is 0 Å². The maximum Gasteiger partial charge on any atom is 0.166 e. The summed E-state index contributed by atoms with van der Waals surface area (Å²) in [6, 6.07) is 1.25. The van der Waals surface area contributed by atoms with Crippen molar-refractivity contribution < 1.29 is 4.39 Å². The number of anilines is 1. The van der Waals surface area contributed by atoms with Crippen molar-refractivity contribution in [1.82, 2.24) is 4.98 Å². The summed E-state index contributed by atoms with van der Waals surface area (Å²) in [5.41, 5.74) is 0. The minimum atomic E-state index is -0.409. The normalized spacial score (nSPS) is 10.5. The molecule has 0 spiro atoms. The molecular formula is C9H12ClFN2. The first kappa shape index (κ1) is 10.3. The van der Waals surface area contributed by atoms with Crippen LogP contribution in [0.5, 0.6) is 0 Å². The van der Waals surface area contributed by atoms with Gasteiger partial charge in [-0.05, 0) is 12.0 Å². The Bertz CT molecular complexity index is 289. The molecule has 0 unspecified atom stereocenters. The van der Waals surface area contributed by atoms with Crippen molar-refractivity contribution in [3.8, 4) is 0 Å². The molecule has 1 N–H and O–H groups in total. The van der Waals surface area contributed by atoms with Crippen LogP contribution < -0.4 is 5.32 Å². The predicted molar refractivity (Wildman–Crippen MR) is 52.5 cm³/mol. The van der Waals surface area contributed by atoms with E-state index in [9.17, 15) is 4.39 Å². The zero-order valence-corrected chi connectivity index (χ0v) is 8.40. The number of nitrogens with zero attached hydrogens (tertiary/aromatic N) is 1. The fourth-order valence-electron chi connectivity index (χ4n) is 0.845. The van der Waals surface area contributed by atoms with Crippen LogP contribution in [-0.2, 0) is 0 Å². The molecule has 13 heavy (non-hydrogen) atoms. The summed E-state index contributed by atoms with van der Waals surface area (Å²) in [5, 5.41) is 3.21. The zero-order chi connectivity index (χ0) is 9.84. The molecule has 1 aromatic heterocycles. The maximum absolute atomic E-state index is 13.1. The van der Waals surface area contributed by atoms with Gasteiger partial charge in [-0.15, -0.1) is 0 Å². The van der Waals surface area contributed by atoms with Crippen molar-refractivity contribution in [3.63, 3.8) is 0 Å². The molecule has 0 aliphatic carbocycles. The van der Waals surface area contributed by atoms with Crippen molar-refractivity contribution in [2.45, 2.75) is 13.8 Å². The van der Waals surface area contributed by atoms with E-state index in [0.717, 1.165) is 0 Å². The smallest absolute Gasteiger partial charge is 0.166 e. The molecule has 4 heteroatoms. The molecule has 1 rings (SSSR count). The van der Waals surface area contributed by atoms with Gasteiger partial charge in [0.05, 0.1) is 5.02 Å². The summed E-state index contributed by atoms with van der Waals surface area (Å²) in [4.78, 5) is 3.83. The first-order valence-electron chi connectivity index (χ1n) is 4.14. The molecule has 0 amide bonds. The first-order chi connectivity index (χ1) is 6.09. The van der Waals surface area contributed by atoms with E-state index in [4.69, 9.17) is 11.6 Å².